The van der Waals surface area contributed by atoms with Gasteiger partial charge in [-0.05, 0) is 37.3 Å². The van der Waals surface area contributed by atoms with E-state index in [1.807, 2.05) is 42.5 Å². The molecule has 2 aromatic carbocycles. The summed E-state index contributed by atoms with van der Waals surface area (Å²) in [7, 11) is 3.24. The molecule has 2 N–H and O–H groups in total. The topological polar surface area (TPSA) is 96.3 Å². The molecule has 4 aromatic rings. The molecule has 2 aromatic heterocycles. The number of nitrogen functional groups attached to an aromatic ring is 1. The minimum absolute atomic E-state index is 0.0428. The molecule has 0 aliphatic heterocycles. The van der Waals surface area contributed by atoms with Crippen LogP contribution in [0.2, 0.25) is 0 Å². The number of hydrogen-bond acceptors (Lipinski definition) is 8. The van der Waals surface area contributed by atoms with Gasteiger partial charge in [-0.3, -0.25) is 0 Å². The molecule has 2 heterocycles. The Balaban J connectivity index is 1.72. The third-order valence-electron chi connectivity index (χ3n) is 4.25. The van der Waals surface area contributed by atoms with Crippen LogP contribution in [-0.4, -0.2) is 29.4 Å². The fourth-order valence-electron chi connectivity index (χ4n) is 2.91. The second-order valence-electron chi connectivity index (χ2n) is 6.02. The third kappa shape index (κ3) is 3.29. The van der Waals surface area contributed by atoms with Crippen LogP contribution in [-0.2, 0) is 0 Å². The van der Waals surface area contributed by atoms with E-state index in [0.717, 1.165) is 32.3 Å². The number of aromatic nitrogens is 3. The van der Waals surface area contributed by atoms with E-state index in [2.05, 4.69) is 17.1 Å². The first-order valence-corrected chi connectivity index (χ1v) is 9.30. The fraction of sp³-hybridized carbons (Fsp3) is 0.150. The van der Waals surface area contributed by atoms with E-state index in [-0.39, 0.29) is 6.01 Å². The summed E-state index contributed by atoms with van der Waals surface area (Å²) in [5, 5.41) is 8.55. The van der Waals surface area contributed by atoms with Crippen LogP contribution in [0.15, 0.2) is 46.9 Å². The number of rotatable bonds is 5. The van der Waals surface area contributed by atoms with Gasteiger partial charge in [0, 0.05) is 21.6 Å². The minimum Gasteiger partial charge on any atom is -0.493 e. The summed E-state index contributed by atoms with van der Waals surface area (Å²) >= 11 is 1.62. The van der Waals surface area contributed by atoms with E-state index < -0.39 is 0 Å². The molecule has 0 aliphatic carbocycles. The number of ether oxygens (including phenoxy) is 2. The summed E-state index contributed by atoms with van der Waals surface area (Å²) in [4.78, 5) is 5.96. The smallest absolute Gasteiger partial charge is 0.313 e. The normalized spacial score (nSPS) is 10.8. The lowest BCUT2D eigenvalue weighted by molar-refractivity contribution is 0.355. The van der Waals surface area contributed by atoms with Crippen LogP contribution in [0.25, 0.3) is 33.3 Å². The maximum atomic E-state index is 5.53. The quantitative estimate of drug-likeness (QED) is 0.535. The molecule has 0 spiro atoms. The zero-order valence-electron chi connectivity index (χ0n) is 15.6. The monoisotopic (exact) mass is 394 g/mol. The SMILES string of the molecule is COc1ccc(-c2nc(-c3cccc(-c4nnc(N)o4)c3)sc2C)cc1OC. The molecule has 0 unspecified atom stereocenters. The number of anilines is 1. The van der Waals surface area contributed by atoms with Gasteiger partial charge in [0.2, 0.25) is 5.89 Å². The van der Waals surface area contributed by atoms with Gasteiger partial charge < -0.3 is 19.6 Å². The van der Waals surface area contributed by atoms with Crippen LogP contribution in [0.1, 0.15) is 4.88 Å². The highest BCUT2D eigenvalue weighted by atomic mass is 32.1. The van der Waals surface area contributed by atoms with Crippen LogP contribution >= 0.6 is 11.3 Å². The molecular weight excluding hydrogens is 376 g/mol. The molecule has 8 heteroatoms. The number of hydrogen-bond donors (Lipinski definition) is 1. The van der Waals surface area contributed by atoms with Gasteiger partial charge in [-0.25, -0.2) is 4.98 Å². The molecule has 0 radical (unpaired) electrons. The second-order valence-corrected chi connectivity index (χ2v) is 7.22. The van der Waals surface area contributed by atoms with Crippen molar-refractivity contribution in [2.24, 2.45) is 0 Å². The Morgan fingerprint density at radius 2 is 1.71 bits per heavy atom. The molecule has 0 aliphatic rings. The molecule has 0 atom stereocenters. The molecule has 7 nitrogen and oxygen atoms in total. The number of benzene rings is 2. The first-order chi connectivity index (χ1) is 13.6. The van der Waals surface area contributed by atoms with Crippen molar-refractivity contribution in [1.29, 1.82) is 0 Å². The Morgan fingerprint density at radius 3 is 2.43 bits per heavy atom. The Kier molecular flexibility index (Phi) is 4.70. The Bertz CT molecular complexity index is 1140. The average molecular weight is 394 g/mol. The van der Waals surface area contributed by atoms with Crippen molar-refractivity contribution in [3.63, 3.8) is 0 Å². The van der Waals surface area contributed by atoms with Crippen LogP contribution in [0.5, 0.6) is 11.5 Å². The summed E-state index contributed by atoms with van der Waals surface area (Å²) in [5.74, 6) is 1.74. The molecule has 0 saturated carbocycles. The zero-order chi connectivity index (χ0) is 19.7. The van der Waals surface area contributed by atoms with Crippen molar-refractivity contribution in [3.05, 3.63) is 47.3 Å². The van der Waals surface area contributed by atoms with E-state index in [4.69, 9.17) is 24.6 Å². The molecule has 0 bridgehead atoms. The molecule has 0 fully saturated rings. The largest absolute Gasteiger partial charge is 0.493 e. The molecule has 0 amide bonds. The maximum Gasteiger partial charge on any atom is 0.313 e. The van der Waals surface area contributed by atoms with E-state index in [1.54, 1.807) is 25.6 Å². The van der Waals surface area contributed by atoms with Gasteiger partial charge in [-0.1, -0.05) is 17.2 Å². The lowest BCUT2D eigenvalue weighted by atomic mass is 10.1. The lowest BCUT2D eigenvalue weighted by Gasteiger charge is -2.08. The maximum absolute atomic E-state index is 5.53. The Morgan fingerprint density at radius 1 is 0.929 bits per heavy atom. The van der Waals surface area contributed by atoms with Gasteiger partial charge >= 0.3 is 6.01 Å². The highest BCUT2D eigenvalue weighted by Crippen LogP contribution is 2.37. The molecule has 28 heavy (non-hydrogen) atoms. The van der Waals surface area contributed by atoms with Crippen molar-refractivity contribution in [2.45, 2.75) is 6.92 Å². The lowest BCUT2D eigenvalue weighted by Crippen LogP contribution is -1.91. The van der Waals surface area contributed by atoms with Crippen molar-refractivity contribution in [3.8, 4) is 44.8 Å². The van der Waals surface area contributed by atoms with Crippen LogP contribution in [0, 0.1) is 6.92 Å². The molecule has 0 saturated heterocycles. The van der Waals surface area contributed by atoms with E-state index in [0.29, 0.717) is 17.4 Å². The van der Waals surface area contributed by atoms with Gasteiger partial charge in [0.05, 0.1) is 19.9 Å². The number of nitrogens with two attached hydrogens (primary N) is 1. The molecule has 4 rings (SSSR count). The summed E-state index contributed by atoms with van der Waals surface area (Å²) in [6, 6.07) is 13.6. The van der Waals surface area contributed by atoms with Gasteiger partial charge in [-0.2, -0.15) is 0 Å². The predicted molar refractivity (Wildman–Crippen MR) is 109 cm³/mol. The zero-order valence-corrected chi connectivity index (χ0v) is 16.4. The molecule has 142 valence electrons. The first-order valence-electron chi connectivity index (χ1n) is 8.48. The standard InChI is InChI=1S/C20H18N4O3S/c1-11-17(12-7-8-15(25-2)16(10-12)26-3)22-19(28-11)14-6-4-5-13(9-14)18-23-24-20(21)27-18/h4-10H,1-3H3,(H2,21,24). The van der Waals surface area contributed by atoms with Crippen molar-refractivity contribution in [2.75, 3.05) is 20.0 Å². The Labute approximate surface area is 165 Å². The van der Waals surface area contributed by atoms with Crippen LogP contribution in [0.3, 0.4) is 0 Å². The van der Waals surface area contributed by atoms with Gasteiger partial charge in [0.1, 0.15) is 5.01 Å². The first kappa shape index (κ1) is 18.0. The highest BCUT2D eigenvalue weighted by molar-refractivity contribution is 7.15. The summed E-state index contributed by atoms with van der Waals surface area (Å²) in [6.07, 6.45) is 0. The van der Waals surface area contributed by atoms with E-state index in [1.165, 1.54) is 0 Å². The van der Waals surface area contributed by atoms with Crippen LogP contribution < -0.4 is 15.2 Å². The van der Waals surface area contributed by atoms with Gasteiger partial charge in [-0.15, -0.1) is 16.4 Å². The van der Waals surface area contributed by atoms with E-state index >= 15 is 0 Å². The Hall–Kier alpha value is -3.39. The van der Waals surface area contributed by atoms with Gasteiger partial charge in [0.15, 0.2) is 11.5 Å². The van der Waals surface area contributed by atoms with Crippen molar-refractivity contribution in [1.82, 2.24) is 15.2 Å². The number of thiazole rings is 1. The summed E-state index contributed by atoms with van der Waals surface area (Å²) in [6.45, 7) is 2.05. The van der Waals surface area contributed by atoms with Crippen molar-refractivity contribution < 1.29 is 13.9 Å². The fourth-order valence-corrected chi connectivity index (χ4v) is 3.84. The van der Waals surface area contributed by atoms with Crippen LogP contribution in [0.4, 0.5) is 6.01 Å². The van der Waals surface area contributed by atoms with Gasteiger partial charge in [0.25, 0.3) is 0 Å². The second kappa shape index (κ2) is 7.32. The average Bonchev–Trinajstić information content (AvgIpc) is 3.33. The molecular formula is C20H18N4O3S. The number of aryl methyl sites for hydroxylation is 1. The van der Waals surface area contributed by atoms with E-state index in [9.17, 15) is 0 Å². The van der Waals surface area contributed by atoms with Crippen molar-refractivity contribution >= 4 is 17.4 Å². The number of nitrogens with zero attached hydrogens (tertiary/aromatic N) is 3. The highest BCUT2D eigenvalue weighted by Gasteiger charge is 2.15. The number of methoxy groups -OCH3 is 2. The summed E-state index contributed by atoms with van der Waals surface area (Å²) in [5.41, 5.74) is 9.17. The minimum atomic E-state index is 0.0428. The summed E-state index contributed by atoms with van der Waals surface area (Å²) < 4.78 is 16.0. The third-order valence-corrected chi connectivity index (χ3v) is 5.27. The predicted octanol–water partition coefficient (Wildman–Crippen LogP) is 4.43.